The summed E-state index contributed by atoms with van der Waals surface area (Å²) in [6, 6.07) is 9.49. The van der Waals surface area contributed by atoms with Gasteiger partial charge in [0.25, 0.3) is 11.8 Å². The summed E-state index contributed by atoms with van der Waals surface area (Å²) in [5.74, 6) is -0.162. The summed E-state index contributed by atoms with van der Waals surface area (Å²) in [4.78, 5) is 32.2. The standard InChI is InChI=1S/C19H17BrN4O3/c1-27-17-14(10-12-4-2-3-5-13(12)16(17)20)18(25)23-8-9-24-19(26)15-11-21-6-7-22-15/h2-7,10-11H,8-9H2,1H3,(H,23,25)(H,24,26). The number of carbonyl (C=O) groups is 2. The molecule has 2 aromatic carbocycles. The van der Waals surface area contributed by atoms with Gasteiger partial charge in [0.05, 0.1) is 23.3 Å². The lowest BCUT2D eigenvalue weighted by Gasteiger charge is -2.13. The fraction of sp³-hybridized carbons (Fsp3) is 0.158. The molecule has 2 N–H and O–H groups in total. The predicted molar refractivity (Wildman–Crippen MR) is 105 cm³/mol. The Morgan fingerprint density at radius 3 is 2.56 bits per heavy atom. The average Bonchev–Trinajstić information content (AvgIpc) is 2.71. The number of halogens is 1. The molecular formula is C19H17BrN4O3. The van der Waals surface area contributed by atoms with Crippen molar-refractivity contribution in [2.75, 3.05) is 20.2 Å². The minimum absolute atomic E-state index is 0.226. The maximum absolute atomic E-state index is 12.6. The van der Waals surface area contributed by atoms with Crippen LogP contribution in [0.15, 0.2) is 53.4 Å². The van der Waals surface area contributed by atoms with Crippen molar-refractivity contribution in [1.29, 1.82) is 0 Å². The molecule has 0 aliphatic carbocycles. The number of nitrogens with one attached hydrogen (secondary N) is 2. The Labute approximate surface area is 164 Å². The predicted octanol–water partition coefficient (Wildman–Crippen LogP) is 2.56. The Kier molecular flexibility index (Phi) is 5.97. The van der Waals surface area contributed by atoms with E-state index in [0.29, 0.717) is 11.3 Å². The number of fused-ring (bicyclic) bond motifs is 1. The van der Waals surface area contributed by atoms with Crippen molar-refractivity contribution in [2.45, 2.75) is 0 Å². The van der Waals surface area contributed by atoms with E-state index in [2.05, 4.69) is 36.5 Å². The molecular weight excluding hydrogens is 412 g/mol. The summed E-state index contributed by atoms with van der Waals surface area (Å²) in [5, 5.41) is 7.34. The number of hydrogen-bond donors (Lipinski definition) is 2. The van der Waals surface area contributed by atoms with E-state index >= 15 is 0 Å². The molecule has 1 heterocycles. The van der Waals surface area contributed by atoms with Gasteiger partial charge in [-0.05, 0) is 32.8 Å². The van der Waals surface area contributed by atoms with Crippen LogP contribution in [0.3, 0.4) is 0 Å². The third kappa shape index (κ3) is 4.22. The molecule has 3 rings (SSSR count). The molecule has 138 valence electrons. The average molecular weight is 429 g/mol. The number of benzene rings is 2. The third-order valence-corrected chi connectivity index (χ3v) is 4.67. The molecule has 0 bridgehead atoms. The van der Waals surface area contributed by atoms with Crippen LogP contribution in [0, 0.1) is 0 Å². The quantitative estimate of drug-likeness (QED) is 0.588. The number of ether oxygens (including phenoxy) is 1. The molecule has 3 aromatic rings. The second kappa shape index (κ2) is 8.59. The van der Waals surface area contributed by atoms with Crippen molar-refractivity contribution < 1.29 is 14.3 Å². The summed E-state index contributed by atoms with van der Waals surface area (Å²) >= 11 is 3.51. The van der Waals surface area contributed by atoms with Crippen molar-refractivity contribution in [3.63, 3.8) is 0 Å². The van der Waals surface area contributed by atoms with Crippen LogP contribution in [0.2, 0.25) is 0 Å². The fourth-order valence-corrected chi connectivity index (χ4v) is 3.34. The first-order valence-corrected chi connectivity index (χ1v) is 8.98. The molecule has 0 aliphatic rings. The van der Waals surface area contributed by atoms with Crippen molar-refractivity contribution in [3.8, 4) is 5.75 Å². The van der Waals surface area contributed by atoms with Gasteiger partial charge in [-0.25, -0.2) is 4.98 Å². The summed E-state index contributed by atoms with van der Waals surface area (Å²) in [7, 11) is 1.52. The van der Waals surface area contributed by atoms with E-state index < -0.39 is 0 Å². The van der Waals surface area contributed by atoms with Gasteiger partial charge >= 0.3 is 0 Å². The van der Waals surface area contributed by atoms with Gasteiger partial charge in [-0.15, -0.1) is 0 Å². The van der Waals surface area contributed by atoms with Gasteiger partial charge in [0, 0.05) is 25.5 Å². The molecule has 0 aliphatic heterocycles. The lowest BCUT2D eigenvalue weighted by atomic mass is 10.1. The fourth-order valence-electron chi connectivity index (χ4n) is 2.61. The van der Waals surface area contributed by atoms with Gasteiger partial charge in [-0.2, -0.15) is 0 Å². The molecule has 1 aromatic heterocycles. The largest absolute Gasteiger partial charge is 0.495 e. The van der Waals surface area contributed by atoms with Gasteiger partial charge in [-0.3, -0.25) is 14.6 Å². The molecule has 0 saturated carbocycles. The van der Waals surface area contributed by atoms with Crippen molar-refractivity contribution in [1.82, 2.24) is 20.6 Å². The van der Waals surface area contributed by atoms with Gasteiger partial charge < -0.3 is 15.4 Å². The molecule has 7 nitrogen and oxygen atoms in total. The van der Waals surface area contributed by atoms with Crippen LogP contribution >= 0.6 is 15.9 Å². The highest BCUT2D eigenvalue weighted by molar-refractivity contribution is 9.10. The molecule has 0 spiro atoms. The maximum atomic E-state index is 12.6. The maximum Gasteiger partial charge on any atom is 0.271 e. The van der Waals surface area contributed by atoms with Crippen LogP contribution in [0.1, 0.15) is 20.8 Å². The van der Waals surface area contributed by atoms with Crippen LogP contribution in [-0.4, -0.2) is 42.0 Å². The Balaban J connectivity index is 1.65. The van der Waals surface area contributed by atoms with Crippen molar-refractivity contribution in [2.24, 2.45) is 0 Å². The summed E-state index contributed by atoms with van der Waals surface area (Å²) in [5.41, 5.74) is 0.646. The first-order chi connectivity index (χ1) is 13.1. The topological polar surface area (TPSA) is 93.2 Å². The van der Waals surface area contributed by atoms with Gasteiger partial charge in [-0.1, -0.05) is 24.3 Å². The highest BCUT2D eigenvalue weighted by Gasteiger charge is 2.17. The molecule has 0 atom stereocenters. The minimum atomic E-state index is -0.344. The normalized spacial score (nSPS) is 10.4. The molecule has 0 saturated heterocycles. The van der Waals surface area contributed by atoms with Crippen LogP contribution in [0.4, 0.5) is 0 Å². The zero-order chi connectivity index (χ0) is 19.2. The number of hydrogen-bond acceptors (Lipinski definition) is 5. The highest BCUT2D eigenvalue weighted by Crippen LogP contribution is 2.36. The van der Waals surface area contributed by atoms with Crippen molar-refractivity contribution in [3.05, 3.63) is 64.7 Å². The number of carbonyl (C=O) groups excluding carboxylic acids is 2. The number of amides is 2. The first kappa shape index (κ1) is 18.8. The molecule has 8 heteroatoms. The first-order valence-electron chi connectivity index (χ1n) is 8.19. The summed E-state index contributed by atoms with van der Waals surface area (Å²) < 4.78 is 6.14. The van der Waals surface area contributed by atoms with Crippen LogP contribution in [0.5, 0.6) is 5.75 Å². The molecule has 0 radical (unpaired) electrons. The highest BCUT2D eigenvalue weighted by atomic mass is 79.9. The zero-order valence-corrected chi connectivity index (χ0v) is 16.1. The second-order valence-corrected chi connectivity index (χ2v) is 6.39. The van der Waals surface area contributed by atoms with E-state index in [1.807, 2.05) is 24.3 Å². The monoisotopic (exact) mass is 428 g/mol. The lowest BCUT2D eigenvalue weighted by molar-refractivity contribution is 0.0923. The number of aromatic nitrogens is 2. The van der Waals surface area contributed by atoms with Gasteiger partial charge in [0.1, 0.15) is 11.4 Å². The number of nitrogens with zero attached hydrogens (tertiary/aromatic N) is 2. The van der Waals surface area contributed by atoms with Crippen LogP contribution in [0.25, 0.3) is 10.8 Å². The second-order valence-electron chi connectivity index (χ2n) is 5.59. The lowest BCUT2D eigenvalue weighted by Crippen LogP contribution is -2.35. The Morgan fingerprint density at radius 1 is 1.11 bits per heavy atom. The summed E-state index contributed by atoms with van der Waals surface area (Å²) in [6.45, 7) is 0.524. The molecule has 27 heavy (non-hydrogen) atoms. The van der Waals surface area contributed by atoms with E-state index in [4.69, 9.17) is 4.74 Å². The summed E-state index contributed by atoms with van der Waals surface area (Å²) in [6.07, 6.45) is 4.32. The smallest absolute Gasteiger partial charge is 0.271 e. The molecule has 0 fully saturated rings. The van der Waals surface area contributed by atoms with E-state index in [-0.39, 0.29) is 30.6 Å². The van der Waals surface area contributed by atoms with Gasteiger partial charge in [0.2, 0.25) is 0 Å². The van der Waals surface area contributed by atoms with E-state index in [1.54, 1.807) is 6.07 Å². The molecule has 0 unspecified atom stereocenters. The Hall–Kier alpha value is -3.00. The van der Waals surface area contributed by atoms with E-state index in [0.717, 1.165) is 15.2 Å². The van der Waals surface area contributed by atoms with Crippen LogP contribution < -0.4 is 15.4 Å². The Morgan fingerprint density at radius 2 is 1.85 bits per heavy atom. The van der Waals surface area contributed by atoms with E-state index in [1.165, 1.54) is 25.7 Å². The third-order valence-electron chi connectivity index (χ3n) is 3.88. The number of rotatable bonds is 6. The Bertz CT molecular complexity index is 979. The van der Waals surface area contributed by atoms with Crippen molar-refractivity contribution >= 4 is 38.5 Å². The SMILES string of the molecule is COc1c(C(=O)NCCNC(=O)c2cnccn2)cc2ccccc2c1Br. The van der Waals surface area contributed by atoms with E-state index in [9.17, 15) is 9.59 Å². The zero-order valence-electron chi connectivity index (χ0n) is 14.5. The minimum Gasteiger partial charge on any atom is -0.495 e. The number of methoxy groups -OCH3 is 1. The van der Waals surface area contributed by atoms with Gasteiger partial charge in [0.15, 0.2) is 0 Å². The van der Waals surface area contributed by atoms with Crippen LogP contribution in [-0.2, 0) is 0 Å². The molecule has 2 amide bonds.